The monoisotopic (exact) mass is 307 g/mol. The van der Waals surface area contributed by atoms with Crippen molar-refractivity contribution in [2.24, 2.45) is 11.8 Å². The number of fused-ring (bicyclic) bond motifs is 1. The fourth-order valence-electron chi connectivity index (χ4n) is 3.24. The summed E-state index contributed by atoms with van der Waals surface area (Å²) >= 11 is 0. The molecule has 1 aliphatic carbocycles. The smallest absolute Gasteiger partial charge is 0.410 e. The molecule has 0 radical (unpaired) electrons. The molecule has 1 N–H and O–H groups in total. The molecule has 122 valence electrons. The van der Waals surface area contributed by atoms with Crippen molar-refractivity contribution < 1.29 is 14.3 Å². The first-order valence-electron chi connectivity index (χ1n) is 7.93. The summed E-state index contributed by atoms with van der Waals surface area (Å²) in [5.41, 5.74) is -0.526. The molecule has 2 saturated heterocycles. The predicted molar refractivity (Wildman–Crippen MR) is 80.8 cm³/mol. The van der Waals surface area contributed by atoms with Crippen LogP contribution in [0.2, 0.25) is 0 Å². The van der Waals surface area contributed by atoms with E-state index in [2.05, 4.69) is 11.4 Å². The molecule has 0 aromatic heterocycles. The van der Waals surface area contributed by atoms with Crippen LogP contribution in [0.1, 0.15) is 47.0 Å². The van der Waals surface area contributed by atoms with Crippen LogP contribution >= 0.6 is 0 Å². The van der Waals surface area contributed by atoms with Gasteiger partial charge in [0.1, 0.15) is 5.60 Å². The van der Waals surface area contributed by atoms with Crippen molar-refractivity contribution in [1.29, 1.82) is 5.26 Å². The van der Waals surface area contributed by atoms with Crippen LogP contribution in [0.3, 0.4) is 0 Å². The summed E-state index contributed by atoms with van der Waals surface area (Å²) in [5, 5.41) is 11.7. The number of ether oxygens (including phenoxy) is 1. The second-order valence-corrected chi connectivity index (χ2v) is 7.20. The van der Waals surface area contributed by atoms with Crippen LogP contribution in [0.25, 0.3) is 0 Å². The van der Waals surface area contributed by atoms with Crippen LogP contribution in [0.4, 0.5) is 4.79 Å². The Bertz CT molecular complexity index is 492. The van der Waals surface area contributed by atoms with Gasteiger partial charge < -0.3 is 15.0 Å². The van der Waals surface area contributed by atoms with E-state index in [1.165, 1.54) is 0 Å². The molecule has 1 saturated carbocycles. The molecule has 6 nitrogen and oxygen atoms in total. The zero-order valence-electron chi connectivity index (χ0n) is 13.8. The minimum atomic E-state index is -0.526. The molecular weight excluding hydrogens is 282 g/mol. The molecule has 4 atom stereocenters. The highest BCUT2D eigenvalue weighted by Crippen LogP contribution is 2.46. The Hall–Kier alpha value is -1.77. The molecule has 4 unspecified atom stereocenters. The highest BCUT2D eigenvalue weighted by atomic mass is 16.6. The zero-order chi connectivity index (χ0) is 16.5. The van der Waals surface area contributed by atoms with E-state index in [9.17, 15) is 9.59 Å². The Labute approximate surface area is 131 Å². The summed E-state index contributed by atoms with van der Waals surface area (Å²) < 4.78 is 5.40. The lowest BCUT2D eigenvalue weighted by Crippen LogP contribution is -2.51. The number of hydrogen-bond donors (Lipinski definition) is 1. The molecular formula is C16H25N3O3. The highest BCUT2D eigenvalue weighted by molar-refractivity contribution is 5.83. The van der Waals surface area contributed by atoms with Crippen molar-refractivity contribution in [2.75, 3.05) is 6.54 Å². The fraction of sp³-hybridized carbons (Fsp3) is 0.812. The molecule has 2 heterocycles. The molecule has 2 amide bonds. The quantitative estimate of drug-likeness (QED) is 0.861. The van der Waals surface area contributed by atoms with Crippen molar-refractivity contribution in [3.8, 4) is 6.07 Å². The van der Waals surface area contributed by atoms with E-state index >= 15 is 0 Å². The lowest BCUT2D eigenvalue weighted by atomic mass is 9.73. The van der Waals surface area contributed by atoms with Gasteiger partial charge in [-0.1, -0.05) is 6.92 Å². The third-order valence-corrected chi connectivity index (χ3v) is 4.41. The van der Waals surface area contributed by atoms with Crippen LogP contribution in [0, 0.1) is 23.2 Å². The number of rotatable bonds is 4. The van der Waals surface area contributed by atoms with Gasteiger partial charge in [0.25, 0.3) is 0 Å². The lowest BCUT2D eigenvalue weighted by molar-refractivity contribution is -0.130. The highest BCUT2D eigenvalue weighted by Gasteiger charge is 2.57. The van der Waals surface area contributed by atoms with Gasteiger partial charge in [0.15, 0.2) is 0 Å². The second kappa shape index (κ2) is 6.15. The second-order valence-electron chi connectivity index (χ2n) is 7.20. The molecule has 3 rings (SSSR count). The molecule has 0 spiro atoms. The maximum absolute atomic E-state index is 12.4. The van der Waals surface area contributed by atoms with Crippen LogP contribution in [0.15, 0.2) is 0 Å². The first-order chi connectivity index (χ1) is 10.3. The maximum Gasteiger partial charge on any atom is 0.410 e. The van der Waals surface area contributed by atoms with Gasteiger partial charge in [-0.05, 0) is 39.5 Å². The van der Waals surface area contributed by atoms with Crippen molar-refractivity contribution >= 4 is 12.0 Å². The summed E-state index contributed by atoms with van der Waals surface area (Å²) in [6, 6.07) is 1.93. The van der Waals surface area contributed by atoms with Crippen LogP contribution < -0.4 is 5.32 Å². The third-order valence-electron chi connectivity index (χ3n) is 4.41. The molecule has 0 aromatic rings. The first kappa shape index (κ1) is 16.6. The number of carbonyl (C=O) groups excluding carboxylic acids is 2. The number of nitrogens with one attached hydrogen (secondary N) is 1. The molecule has 6 heteroatoms. The van der Waals surface area contributed by atoms with E-state index < -0.39 is 5.60 Å². The normalized spacial score (nSPS) is 27.6. The largest absolute Gasteiger partial charge is 0.444 e. The van der Waals surface area contributed by atoms with Crippen molar-refractivity contribution in [1.82, 2.24) is 10.2 Å². The average Bonchev–Trinajstić information content (AvgIpc) is 2.95. The molecule has 3 aliphatic rings. The Morgan fingerprint density at radius 2 is 2.14 bits per heavy atom. The molecule has 2 aliphatic heterocycles. The van der Waals surface area contributed by atoms with E-state index in [0.29, 0.717) is 13.0 Å². The number of carbonyl (C=O) groups is 2. The van der Waals surface area contributed by atoms with Crippen molar-refractivity contribution in [2.45, 2.75) is 64.6 Å². The summed E-state index contributed by atoms with van der Waals surface area (Å²) in [5.74, 6) is 0.0341. The average molecular weight is 307 g/mol. The summed E-state index contributed by atoms with van der Waals surface area (Å²) in [6.07, 6.45) is 1.59. The van der Waals surface area contributed by atoms with E-state index in [-0.39, 0.29) is 35.9 Å². The van der Waals surface area contributed by atoms with Gasteiger partial charge in [0.2, 0.25) is 5.91 Å². The van der Waals surface area contributed by atoms with Gasteiger partial charge in [0.05, 0.1) is 18.4 Å². The van der Waals surface area contributed by atoms with E-state index in [4.69, 9.17) is 10.00 Å². The Morgan fingerprint density at radius 1 is 1.45 bits per heavy atom. The summed E-state index contributed by atoms with van der Waals surface area (Å²) in [7, 11) is 0. The van der Waals surface area contributed by atoms with E-state index in [1.54, 1.807) is 4.90 Å². The van der Waals surface area contributed by atoms with Crippen molar-refractivity contribution in [3.05, 3.63) is 0 Å². The standard InChI is InChI=1S/C16H25N3O3/c1-5-11(6-7-17)18-14(20)13-10-8-12(13)19(9-10)15(21)22-16(2,3)4/h10-13H,5-6,8-9H2,1-4H3,(H,18,20). The minimum absolute atomic E-state index is 0.0330. The number of nitriles is 1. The maximum atomic E-state index is 12.4. The number of amides is 2. The van der Waals surface area contributed by atoms with Crippen molar-refractivity contribution in [3.63, 3.8) is 0 Å². The molecule has 2 bridgehead atoms. The topological polar surface area (TPSA) is 82.4 Å². The van der Waals surface area contributed by atoms with Crippen LogP contribution in [-0.4, -0.2) is 41.1 Å². The van der Waals surface area contributed by atoms with Gasteiger partial charge in [-0.25, -0.2) is 4.79 Å². The van der Waals surface area contributed by atoms with Gasteiger partial charge >= 0.3 is 6.09 Å². The molecule has 22 heavy (non-hydrogen) atoms. The first-order valence-corrected chi connectivity index (χ1v) is 7.93. The Kier molecular flexibility index (Phi) is 4.64. The van der Waals surface area contributed by atoms with Gasteiger partial charge in [-0.15, -0.1) is 0 Å². The summed E-state index contributed by atoms with van der Waals surface area (Å²) in [6.45, 7) is 8.05. The van der Waals surface area contributed by atoms with Gasteiger partial charge in [0, 0.05) is 18.6 Å². The van der Waals surface area contributed by atoms with Gasteiger partial charge in [-0.2, -0.15) is 5.26 Å². The van der Waals surface area contributed by atoms with Crippen LogP contribution in [-0.2, 0) is 9.53 Å². The molecule has 0 aromatic carbocycles. The van der Waals surface area contributed by atoms with E-state index in [0.717, 1.165) is 12.8 Å². The zero-order valence-corrected chi connectivity index (χ0v) is 13.8. The fourth-order valence-corrected chi connectivity index (χ4v) is 3.24. The lowest BCUT2D eigenvalue weighted by Gasteiger charge is -2.36. The SMILES string of the molecule is CCC(CC#N)NC(=O)C1C2CC1N(C(=O)OC(C)(C)C)C2. The van der Waals surface area contributed by atoms with E-state index in [1.807, 2.05) is 27.7 Å². The minimum Gasteiger partial charge on any atom is -0.444 e. The number of hydrogen-bond acceptors (Lipinski definition) is 4. The Balaban J connectivity index is 1.93. The van der Waals surface area contributed by atoms with Gasteiger partial charge in [-0.3, -0.25) is 4.79 Å². The third kappa shape index (κ3) is 3.34. The summed E-state index contributed by atoms with van der Waals surface area (Å²) in [4.78, 5) is 26.2. The predicted octanol–water partition coefficient (Wildman–Crippen LogP) is 2.05. The Morgan fingerprint density at radius 3 is 2.68 bits per heavy atom. The van der Waals surface area contributed by atoms with Crippen LogP contribution in [0.5, 0.6) is 0 Å². The number of nitrogens with zero attached hydrogens (tertiary/aromatic N) is 2. The molecule has 3 fully saturated rings.